The minimum absolute atomic E-state index is 0.212. The first kappa shape index (κ1) is 11.6. The fraction of sp³-hybridized carbons (Fsp3) is 0.300. The number of nitriles is 1. The van der Waals surface area contributed by atoms with Gasteiger partial charge in [-0.1, -0.05) is 19.9 Å². The van der Waals surface area contributed by atoms with E-state index in [1.54, 1.807) is 6.07 Å². The Morgan fingerprint density at radius 1 is 1.46 bits per heavy atom. The van der Waals surface area contributed by atoms with Crippen molar-refractivity contribution in [3.8, 4) is 6.07 Å². The quantitative estimate of drug-likeness (QED) is 0.721. The maximum atomic E-state index is 12.7. The lowest BCUT2D eigenvalue weighted by Gasteiger charge is -1.96. The molecule has 3 heteroatoms. The molecule has 1 aromatic rings. The molecule has 0 saturated heterocycles. The van der Waals surface area contributed by atoms with Gasteiger partial charge in [-0.2, -0.15) is 5.26 Å². The van der Waals surface area contributed by atoms with Crippen LogP contribution in [0.2, 0.25) is 0 Å². The van der Waals surface area contributed by atoms with Gasteiger partial charge in [-0.15, -0.1) is 0 Å². The zero-order chi connectivity index (χ0) is 10.3. The molecule has 0 heterocycles. The first-order valence-corrected chi connectivity index (χ1v) is 4.07. The summed E-state index contributed by atoms with van der Waals surface area (Å²) in [6.45, 7) is 3.66. The topological polar surface area (TPSA) is 44.0 Å². The SMILES string of the molecule is CC.N#Cc1ccc(CO)c(F)c1. The molecule has 0 amide bonds. The van der Waals surface area contributed by atoms with Gasteiger partial charge in [0.15, 0.2) is 0 Å². The number of aliphatic hydroxyl groups is 1. The Morgan fingerprint density at radius 3 is 2.46 bits per heavy atom. The van der Waals surface area contributed by atoms with E-state index in [-0.39, 0.29) is 17.7 Å². The number of hydrogen-bond acceptors (Lipinski definition) is 2. The van der Waals surface area contributed by atoms with Gasteiger partial charge in [0.2, 0.25) is 0 Å². The molecular weight excluding hydrogens is 169 g/mol. The molecule has 0 radical (unpaired) electrons. The van der Waals surface area contributed by atoms with E-state index in [1.165, 1.54) is 12.1 Å². The fourth-order valence-corrected chi connectivity index (χ4v) is 0.745. The van der Waals surface area contributed by atoms with E-state index < -0.39 is 5.82 Å². The Morgan fingerprint density at radius 2 is 2.08 bits per heavy atom. The van der Waals surface area contributed by atoms with Gasteiger partial charge in [0.05, 0.1) is 18.2 Å². The van der Waals surface area contributed by atoms with Crippen LogP contribution >= 0.6 is 0 Å². The number of benzene rings is 1. The van der Waals surface area contributed by atoms with Crippen LogP contribution in [0.25, 0.3) is 0 Å². The van der Waals surface area contributed by atoms with Crippen LogP contribution in [-0.4, -0.2) is 5.11 Å². The van der Waals surface area contributed by atoms with Gasteiger partial charge < -0.3 is 5.11 Å². The molecule has 0 fully saturated rings. The van der Waals surface area contributed by atoms with Crippen molar-refractivity contribution in [3.63, 3.8) is 0 Å². The second kappa shape index (κ2) is 6.15. The molecule has 70 valence electrons. The zero-order valence-corrected chi connectivity index (χ0v) is 7.71. The van der Waals surface area contributed by atoms with Crippen LogP contribution in [-0.2, 0) is 6.61 Å². The Labute approximate surface area is 77.2 Å². The van der Waals surface area contributed by atoms with Crippen LogP contribution in [0.5, 0.6) is 0 Å². The number of halogens is 1. The van der Waals surface area contributed by atoms with Crippen LogP contribution in [0.15, 0.2) is 18.2 Å². The lowest BCUT2D eigenvalue weighted by molar-refractivity contribution is 0.275. The second-order valence-corrected chi connectivity index (χ2v) is 2.08. The molecule has 13 heavy (non-hydrogen) atoms. The van der Waals surface area contributed by atoms with Crippen molar-refractivity contribution < 1.29 is 9.50 Å². The predicted molar refractivity (Wildman–Crippen MR) is 48.4 cm³/mol. The first-order valence-electron chi connectivity index (χ1n) is 4.07. The van der Waals surface area contributed by atoms with Crippen molar-refractivity contribution in [1.29, 1.82) is 5.26 Å². The summed E-state index contributed by atoms with van der Waals surface area (Å²) in [5.41, 5.74) is 0.476. The van der Waals surface area contributed by atoms with Crippen LogP contribution in [0.3, 0.4) is 0 Å². The summed E-state index contributed by atoms with van der Waals surface area (Å²) in [6, 6.07) is 5.76. The van der Waals surface area contributed by atoms with Crippen molar-refractivity contribution >= 4 is 0 Å². The van der Waals surface area contributed by atoms with Gasteiger partial charge in [0.25, 0.3) is 0 Å². The van der Waals surface area contributed by atoms with Gasteiger partial charge >= 0.3 is 0 Å². The van der Waals surface area contributed by atoms with Gasteiger partial charge in [0, 0.05) is 5.56 Å². The molecule has 0 aromatic heterocycles. The highest BCUT2D eigenvalue weighted by atomic mass is 19.1. The van der Waals surface area contributed by atoms with Gasteiger partial charge in [-0.25, -0.2) is 4.39 Å². The van der Waals surface area contributed by atoms with E-state index in [0.29, 0.717) is 0 Å². The van der Waals surface area contributed by atoms with E-state index >= 15 is 0 Å². The average molecular weight is 181 g/mol. The second-order valence-electron chi connectivity index (χ2n) is 2.08. The van der Waals surface area contributed by atoms with Crippen molar-refractivity contribution in [2.45, 2.75) is 20.5 Å². The number of nitrogens with zero attached hydrogens (tertiary/aromatic N) is 1. The standard InChI is InChI=1S/C8H6FNO.C2H6/c9-8-3-6(4-10)1-2-7(8)5-11;1-2/h1-3,11H,5H2;1-2H3. The summed E-state index contributed by atoms with van der Waals surface area (Å²) in [5.74, 6) is -0.536. The maximum absolute atomic E-state index is 12.7. The smallest absolute Gasteiger partial charge is 0.130 e. The fourth-order valence-electron chi connectivity index (χ4n) is 0.745. The van der Waals surface area contributed by atoms with Crippen molar-refractivity contribution in [1.82, 2.24) is 0 Å². The minimum Gasteiger partial charge on any atom is -0.392 e. The number of aliphatic hydroxyl groups excluding tert-OH is 1. The highest BCUT2D eigenvalue weighted by Crippen LogP contribution is 2.08. The molecule has 1 rings (SSSR count). The average Bonchev–Trinajstić information content (AvgIpc) is 2.20. The van der Waals surface area contributed by atoms with E-state index in [1.807, 2.05) is 13.8 Å². The molecule has 1 aromatic carbocycles. The molecule has 2 nitrogen and oxygen atoms in total. The maximum Gasteiger partial charge on any atom is 0.130 e. The van der Waals surface area contributed by atoms with Gasteiger partial charge in [-0.3, -0.25) is 0 Å². The van der Waals surface area contributed by atoms with Gasteiger partial charge in [0.1, 0.15) is 5.82 Å². The third-order valence-corrected chi connectivity index (χ3v) is 1.35. The summed E-state index contributed by atoms with van der Waals surface area (Å²) < 4.78 is 12.7. The Kier molecular flexibility index (Phi) is 5.49. The van der Waals surface area contributed by atoms with Crippen LogP contribution in [0.4, 0.5) is 4.39 Å². The van der Waals surface area contributed by atoms with Crippen LogP contribution in [0.1, 0.15) is 25.0 Å². The molecule has 0 unspecified atom stereocenters. The molecule has 1 N–H and O–H groups in total. The van der Waals surface area contributed by atoms with Crippen LogP contribution < -0.4 is 0 Å². The third-order valence-electron chi connectivity index (χ3n) is 1.35. The Hall–Kier alpha value is -1.40. The first-order chi connectivity index (χ1) is 6.27. The summed E-state index contributed by atoms with van der Waals surface area (Å²) >= 11 is 0. The molecule has 0 aliphatic carbocycles. The van der Waals surface area contributed by atoms with Gasteiger partial charge in [-0.05, 0) is 12.1 Å². The minimum atomic E-state index is -0.536. The largest absolute Gasteiger partial charge is 0.392 e. The molecule has 0 saturated carbocycles. The van der Waals surface area contributed by atoms with Crippen molar-refractivity contribution in [3.05, 3.63) is 35.1 Å². The summed E-state index contributed by atoms with van der Waals surface area (Å²) in [5, 5.41) is 16.9. The molecule has 0 bridgehead atoms. The van der Waals surface area contributed by atoms with E-state index in [0.717, 1.165) is 6.07 Å². The molecule has 0 spiro atoms. The van der Waals surface area contributed by atoms with E-state index in [9.17, 15) is 4.39 Å². The summed E-state index contributed by atoms with van der Waals surface area (Å²) in [4.78, 5) is 0. The lowest BCUT2D eigenvalue weighted by Crippen LogP contribution is -1.89. The number of hydrogen-bond donors (Lipinski definition) is 1. The Balaban J connectivity index is 0.000000671. The molecule has 0 aliphatic heterocycles. The van der Waals surface area contributed by atoms with Crippen molar-refractivity contribution in [2.75, 3.05) is 0 Å². The van der Waals surface area contributed by atoms with Crippen LogP contribution in [0, 0.1) is 17.1 Å². The van der Waals surface area contributed by atoms with E-state index in [4.69, 9.17) is 10.4 Å². The zero-order valence-electron chi connectivity index (χ0n) is 7.71. The molecule has 0 atom stereocenters. The molecular formula is C10H12FNO. The third kappa shape index (κ3) is 3.22. The number of rotatable bonds is 1. The summed E-state index contributed by atoms with van der Waals surface area (Å²) in [7, 11) is 0. The highest BCUT2D eigenvalue weighted by Gasteiger charge is 2.00. The normalized spacial score (nSPS) is 8.23. The monoisotopic (exact) mass is 181 g/mol. The lowest BCUT2D eigenvalue weighted by atomic mass is 10.1. The molecule has 0 aliphatic rings. The van der Waals surface area contributed by atoms with Crippen molar-refractivity contribution in [2.24, 2.45) is 0 Å². The predicted octanol–water partition coefficient (Wildman–Crippen LogP) is 2.22. The highest BCUT2D eigenvalue weighted by molar-refractivity contribution is 5.32. The Bertz CT molecular complexity index is 304. The van der Waals surface area contributed by atoms with E-state index in [2.05, 4.69) is 0 Å². The summed E-state index contributed by atoms with van der Waals surface area (Å²) in [6.07, 6.45) is 0.